The van der Waals surface area contributed by atoms with Crippen molar-refractivity contribution in [1.29, 1.82) is 0 Å². The van der Waals surface area contributed by atoms with E-state index in [0.717, 1.165) is 0 Å². The normalized spacial score (nSPS) is 10.2. The van der Waals surface area contributed by atoms with Crippen LogP contribution in [0.3, 0.4) is 0 Å². The zero-order valence-electron chi connectivity index (χ0n) is 12.7. The van der Waals surface area contributed by atoms with Crippen molar-refractivity contribution in [1.82, 2.24) is 0 Å². The molecule has 0 aliphatic heterocycles. The number of aromatic carboxylic acids is 1. The van der Waals surface area contributed by atoms with Gasteiger partial charge in [0.05, 0.1) is 5.56 Å². The van der Waals surface area contributed by atoms with E-state index in [1.54, 1.807) is 0 Å². The van der Waals surface area contributed by atoms with Gasteiger partial charge in [-0.05, 0) is 36.4 Å². The molecule has 2 rings (SSSR count). The number of halogens is 3. The van der Waals surface area contributed by atoms with Gasteiger partial charge in [-0.1, -0.05) is 0 Å². The molecule has 0 aromatic heterocycles. The molecule has 6 nitrogen and oxygen atoms in total. The Morgan fingerprint density at radius 3 is 1.84 bits per heavy atom. The van der Waals surface area contributed by atoms with Crippen LogP contribution < -0.4 is 18.9 Å². The monoisotopic (exact) mass is 358 g/mol. The molecule has 0 aliphatic rings. The summed E-state index contributed by atoms with van der Waals surface area (Å²) in [7, 11) is 0. The van der Waals surface area contributed by atoms with Crippen molar-refractivity contribution in [3.8, 4) is 28.7 Å². The third kappa shape index (κ3) is 4.46. The second-order valence-corrected chi connectivity index (χ2v) is 4.41. The second kappa shape index (κ2) is 8.67. The average Bonchev–Trinajstić information content (AvgIpc) is 2.60. The van der Waals surface area contributed by atoms with E-state index in [9.17, 15) is 18.0 Å². The molecule has 9 heteroatoms. The molecule has 2 aromatic rings. The SMILES string of the molecule is O=C(O)c1ccc(Oc2ccc(OCF)c(OCF)c2OCF)cc1. The number of ether oxygens (including phenoxy) is 4. The first-order valence-electron chi connectivity index (χ1n) is 6.85. The lowest BCUT2D eigenvalue weighted by molar-refractivity contribution is 0.0697. The van der Waals surface area contributed by atoms with E-state index in [2.05, 4.69) is 4.74 Å². The van der Waals surface area contributed by atoms with Crippen molar-refractivity contribution < 1.29 is 42.0 Å². The lowest BCUT2D eigenvalue weighted by Crippen LogP contribution is -2.03. The van der Waals surface area contributed by atoms with Gasteiger partial charge in [-0.15, -0.1) is 0 Å². The number of carboxylic acid groups (broad SMARTS) is 1. The number of carboxylic acids is 1. The zero-order chi connectivity index (χ0) is 18.2. The molecule has 25 heavy (non-hydrogen) atoms. The highest BCUT2D eigenvalue weighted by Gasteiger charge is 2.20. The van der Waals surface area contributed by atoms with Gasteiger partial charge in [0.15, 0.2) is 11.5 Å². The lowest BCUT2D eigenvalue weighted by atomic mass is 10.2. The fraction of sp³-hybridized carbons (Fsp3) is 0.188. The number of hydrogen-bond donors (Lipinski definition) is 1. The highest BCUT2D eigenvalue weighted by Crippen LogP contribution is 2.46. The summed E-state index contributed by atoms with van der Waals surface area (Å²) in [6.07, 6.45) is 0. The topological polar surface area (TPSA) is 74.2 Å². The van der Waals surface area contributed by atoms with Gasteiger partial charge in [0.25, 0.3) is 0 Å². The number of carbonyl (C=O) groups is 1. The van der Waals surface area contributed by atoms with Gasteiger partial charge in [-0.3, -0.25) is 0 Å². The molecular formula is C16H13F3O6. The molecule has 0 aliphatic carbocycles. The third-order valence-corrected chi connectivity index (χ3v) is 2.98. The molecule has 0 amide bonds. The number of hydrogen-bond acceptors (Lipinski definition) is 5. The van der Waals surface area contributed by atoms with Gasteiger partial charge in [0.1, 0.15) is 5.75 Å². The molecule has 1 N–H and O–H groups in total. The maximum Gasteiger partial charge on any atom is 0.335 e. The molecule has 0 atom stereocenters. The Kier molecular flexibility index (Phi) is 6.33. The summed E-state index contributed by atoms with van der Waals surface area (Å²) >= 11 is 0. The van der Waals surface area contributed by atoms with Crippen molar-refractivity contribution in [2.45, 2.75) is 0 Å². The fourth-order valence-corrected chi connectivity index (χ4v) is 1.95. The van der Waals surface area contributed by atoms with E-state index < -0.39 is 26.6 Å². The average molecular weight is 358 g/mol. The first-order chi connectivity index (χ1) is 12.1. The van der Waals surface area contributed by atoms with Crippen LogP contribution in [0.5, 0.6) is 28.7 Å². The fourth-order valence-electron chi connectivity index (χ4n) is 1.95. The van der Waals surface area contributed by atoms with Crippen molar-refractivity contribution >= 4 is 5.97 Å². The molecule has 0 heterocycles. The van der Waals surface area contributed by atoms with Gasteiger partial charge in [0.2, 0.25) is 32.1 Å². The summed E-state index contributed by atoms with van der Waals surface area (Å²) in [6.45, 7) is -3.79. The van der Waals surface area contributed by atoms with Gasteiger partial charge in [0, 0.05) is 0 Å². The largest absolute Gasteiger partial charge is 0.478 e. The van der Waals surface area contributed by atoms with Crippen LogP contribution in [0.2, 0.25) is 0 Å². The molecule has 0 saturated heterocycles. The van der Waals surface area contributed by atoms with Crippen molar-refractivity contribution in [2.24, 2.45) is 0 Å². The molecule has 0 bridgehead atoms. The van der Waals surface area contributed by atoms with Gasteiger partial charge in [-0.2, -0.15) is 0 Å². The van der Waals surface area contributed by atoms with Crippen LogP contribution in [0.4, 0.5) is 13.2 Å². The zero-order valence-corrected chi connectivity index (χ0v) is 12.7. The Morgan fingerprint density at radius 2 is 1.32 bits per heavy atom. The predicted octanol–water partition coefficient (Wildman–Crippen LogP) is 4.09. The minimum atomic E-state index is -1.29. The van der Waals surface area contributed by atoms with Crippen molar-refractivity contribution in [2.75, 3.05) is 20.6 Å². The van der Waals surface area contributed by atoms with E-state index in [1.807, 2.05) is 0 Å². The maximum absolute atomic E-state index is 12.7. The Labute approximate surface area is 140 Å². The first-order valence-corrected chi connectivity index (χ1v) is 6.85. The van der Waals surface area contributed by atoms with E-state index in [4.69, 9.17) is 19.3 Å². The lowest BCUT2D eigenvalue weighted by Gasteiger charge is -2.17. The standard InChI is InChI=1S/C16H13F3O6/c17-7-22-12-5-6-13(15(24-9-19)14(12)23-8-18)25-11-3-1-10(2-4-11)16(20)21/h1-6H,7-9H2,(H,20,21). The summed E-state index contributed by atoms with van der Waals surface area (Å²) in [6, 6.07) is 7.84. The van der Waals surface area contributed by atoms with Gasteiger partial charge >= 0.3 is 5.97 Å². The quantitative estimate of drug-likeness (QED) is 0.728. The van der Waals surface area contributed by atoms with Crippen LogP contribution in [0.1, 0.15) is 10.4 Å². The summed E-state index contributed by atoms with van der Waals surface area (Å²) in [5.74, 6) is -1.85. The van der Waals surface area contributed by atoms with Crippen LogP contribution in [0, 0.1) is 0 Å². The molecule has 0 radical (unpaired) electrons. The summed E-state index contributed by atoms with van der Waals surface area (Å²) in [5.41, 5.74) is 0.0423. The number of alkyl halides is 3. The van der Waals surface area contributed by atoms with Crippen LogP contribution >= 0.6 is 0 Å². The van der Waals surface area contributed by atoms with Crippen LogP contribution in [0.15, 0.2) is 36.4 Å². The Morgan fingerprint density at radius 1 is 0.800 bits per heavy atom. The van der Waals surface area contributed by atoms with E-state index in [1.165, 1.54) is 36.4 Å². The Balaban J connectivity index is 2.38. The minimum Gasteiger partial charge on any atom is -0.478 e. The Bertz CT molecular complexity index is 721. The van der Waals surface area contributed by atoms with Crippen LogP contribution in [0.25, 0.3) is 0 Å². The first kappa shape index (κ1) is 18.2. The molecule has 0 spiro atoms. The smallest absolute Gasteiger partial charge is 0.335 e. The van der Waals surface area contributed by atoms with Crippen LogP contribution in [-0.2, 0) is 0 Å². The number of rotatable bonds is 9. The predicted molar refractivity (Wildman–Crippen MR) is 79.7 cm³/mol. The van der Waals surface area contributed by atoms with E-state index in [0.29, 0.717) is 0 Å². The van der Waals surface area contributed by atoms with Gasteiger partial charge in [-0.25, -0.2) is 18.0 Å². The highest BCUT2D eigenvalue weighted by molar-refractivity contribution is 5.87. The minimum absolute atomic E-state index is 0.0423. The summed E-state index contributed by atoms with van der Waals surface area (Å²) in [5, 5.41) is 8.86. The molecule has 134 valence electrons. The van der Waals surface area contributed by atoms with Crippen molar-refractivity contribution in [3.05, 3.63) is 42.0 Å². The van der Waals surface area contributed by atoms with Crippen LogP contribution in [-0.4, -0.2) is 31.7 Å². The molecule has 0 saturated carbocycles. The van der Waals surface area contributed by atoms with E-state index >= 15 is 0 Å². The second-order valence-electron chi connectivity index (χ2n) is 4.41. The highest BCUT2D eigenvalue weighted by atomic mass is 19.1. The summed E-state index contributed by atoms with van der Waals surface area (Å²) in [4.78, 5) is 10.8. The molecular weight excluding hydrogens is 345 g/mol. The summed E-state index contributed by atoms with van der Waals surface area (Å²) < 4.78 is 57.2. The maximum atomic E-state index is 12.7. The molecule has 0 fully saturated rings. The molecule has 0 unspecified atom stereocenters. The van der Waals surface area contributed by atoms with Gasteiger partial charge < -0.3 is 24.1 Å². The third-order valence-electron chi connectivity index (χ3n) is 2.98. The number of benzene rings is 2. The molecule has 2 aromatic carbocycles. The van der Waals surface area contributed by atoms with Crippen molar-refractivity contribution in [3.63, 3.8) is 0 Å². The van der Waals surface area contributed by atoms with E-state index in [-0.39, 0.29) is 34.3 Å². The Hall–Kier alpha value is -3.10.